The fraction of sp³-hybridized carbons (Fsp3) is 0.700. The molecule has 0 saturated carbocycles. The van der Waals surface area contributed by atoms with Crippen molar-refractivity contribution in [2.75, 3.05) is 0 Å². The Kier molecular flexibility index (Phi) is 10.1. The molecule has 0 aromatic rings. The smallest absolute Gasteiger partial charge is 0.267 e. The lowest BCUT2D eigenvalue weighted by Gasteiger charge is -2.05. The summed E-state index contributed by atoms with van der Waals surface area (Å²) in [5, 5.41) is 2.64. The maximum atomic E-state index is 12.0. The molecule has 0 aromatic carbocycles. The molecule has 0 aliphatic carbocycles. The van der Waals surface area contributed by atoms with Crippen LogP contribution in [0.25, 0.3) is 0 Å². The summed E-state index contributed by atoms with van der Waals surface area (Å²) < 4.78 is 5.51. The minimum absolute atomic E-state index is 0.120. The first-order valence-electron chi connectivity index (χ1n) is 9.47. The Morgan fingerprint density at radius 1 is 1.08 bits per heavy atom. The van der Waals surface area contributed by atoms with Gasteiger partial charge in [-0.3, -0.25) is 14.9 Å². The Morgan fingerprint density at radius 3 is 2.46 bits per heavy atom. The van der Waals surface area contributed by atoms with Crippen LogP contribution in [0.5, 0.6) is 0 Å². The van der Waals surface area contributed by atoms with E-state index in [1.165, 1.54) is 38.2 Å². The molecule has 0 radical (unpaired) electrons. The van der Waals surface area contributed by atoms with Gasteiger partial charge in [-0.2, -0.15) is 0 Å². The lowest BCUT2D eigenvalue weighted by Crippen LogP contribution is -2.22. The maximum Gasteiger partial charge on any atom is 0.267 e. The van der Waals surface area contributed by atoms with Crippen LogP contribution in [0.1, 0.15) is 85.0 Å². The van der Waals surface area contributed by atoms with Crippen LogP contribution in [0.3, 0.4) is 0 Å². The fourth-order valence-corrected chi connectivity index (χ4v) is 2.76. The van der Waals surface area contributed by atoms with Gasteiger partial charge in [0.2, 0.25) is 0 Å². The Morgan fingerprint density at radius 2 is 1.75 bits per heavy atom. The predicted octanol–water partition coefficient (Wildman–Crippen LogP) is 4.80. The molecule has 1 aliphatic heterocycles. The summed E-state index contributed by atoms with van der Waals surface area (Å²) in [6, 6.07) is 0. The zero-order valence-corrected chi connectivity index (χ0v) is 15.5. The van der Waals surface area contributed by atoms with Gasteiger partial charge in [0.05, 0.1) is 0 Å². The van der Waals surface area contributed by atoms with Gasteiger partial charge in [-0.1, -0.05) is 57.9 Å². The van der Waals surface area contributed by atoms with Crippen LogP contribution < -0.4 is 5.32 Å². The molecule has 4 heteroatoms. The monoisotopic (exact) mass is 335 g/mol. The normalized spacial score (nSPS) is 19.5. The third kappa shape index (κ3) is 8.32. The summed E-state index contributed by atoms with van der Waals surface area (Å²) >= 11 is 0. The average molecular weight is 335 g/mol. The van der Waals surface area contributed by atoms with Crippen molar-refractivity contribution >= 4 is 11.7 Å². The summed E-state index contributed by atoms with van der Waals surface area (Å²) in [7, 11) is 0. The van der Waals surface area contributed by atoms with Gasteiger partial charge in [0.15, 0.2) is 17.8 Å². The number of amides is 1. The predicted molar refractivity (Wildman–Crippen MR) is 97.4 cm³/mol. The standard InChI is InChI=1S/C20H33NO3/c1-4-6-8-9-10-11-12-16(3)14-17(22)15-19-21-20(23)18(24-19)13-7-5-2/h14-15,18H,4-13H2,1-3H3,(H,21,23)/b16-14+,19-15+. The van der Waals surface area contributed by atoms with Crippen molar-refractivity contribution < 1.29 is 14.3 Å². The summed E-state index contributed by atoms with van der Waals surface area (Å²) in [6.07, 6.45) is 13.7. The molecule has 0 aromatic heterocycles. The zero-order valence-electron chi connectivity index (χ0n) is 15.5. The summed E-state index contributed by atoms with van der Waals surface area (Å²) in [5.41, 5.74) is 1.08. The van der Waals surface area contributed by atoms with E-state index in [4.69, 9.17) is 4.74 Å². The molecule has 24 heavy (non-hydrogen) atoms. The van der Waals surface area contributed by atoms with Gasteiger partial charge < -0.3 is 4.74 Å². The van der Waals surface area contributed by atoms with E-state index in [2.05, 4.69) is 19.2 Å². The van der Waals surface area contributed by atoms with Crippen molar-refractivity contribution in [2.45, 2.75) is 91.1 Å². The molecular weight excluding hydrogens is 302 g/mol. The van der Waals surface area contributed by atoms with Crippen molar-refractivity contribution in [1.29, 1.82) is 0 Å². The zero-order chi connectivity index (χ0) is 17.8. The Balaban J connectivity index is 2.34. The lowest BCUT2D eigenvalue weighted by molar-refractivity contribution is -0.123. The summed E-state index contributed by atoms with van der Waals surface area (Å²) in [5.74, 6) is 0.0231. The van der Waals surface area contributed by atoms with Crippen LogP contribution in [0, 0.1) is 0 Å². The molecule has 1 amide bonds. The number of unbranched alkanes of at least 4 members (excludes halogenated alkanes) is 6. The third-order valence-electron chi connectivity index (χ3n) is 4.21. The quantitative estimate of drug-likeness (QED) is 0.412. The second-order valence-electron chi connectivity index (χ2n) is 6.66. The molecule has 1 fully saturated rings. The first-order chi connectivity index (χ1) is 11.6. The largest absolute Gasteiger partial charge is 0.465 e. The number of hydrogen-bond acceptors (Lipinski definition) is 3. The van der Waals surface area contributed by atoms with Gasteiger partial charge in [0.1, 0.15) is 0 Å². The van der Waals surface area contributed by atoms with E-state index in [-0.39, 0.29) is 17.6 Å². The van der Waals surface area contributed by atoms with E-state index >= 15 is 0 Å². The van der Waals surface area contributed by atoms with Crippen molar-refractivity contribution in [3.05, 3.63) is 23.6 Å². The minimum Gasteiger partial charge on any atom is -0.465 e. The molecule has 1 heterocycles. The number of ketones is 1. The van der Waals surface area contributed by atoms with Gasteiger partial charge in [-0.25, -0.2) is 0 Å². The number of carbonyl (C=O) groups excluding carboxylic acids is 2. The third-order valence-corrected chi connectivity index (χ3v) is 4.21. The fourth-order valence-electron chi connectivity index (χ4n) is 2.76. The molecule has 136 valence electrons. The van der Waals surface area contributed by atoms with Gasteiger partial charge in [-0.05, 0) is 38.7 Å². The molecule has 1 unspecified atom stereocenters. The summed E-state index contributed by atoms with van der Waals surface area (Å²) in [4.78, 5) is 23.8. The van der Waals surface area contributed by atoms with Gasteiger partial charge >= 0.3 is 0 Å². The first kappa shape index (κ1) is 20.5. The van der Waals surface area contributed by atoms with Crippen LogP contribution in [0.15, 0.2) is 23.6 Å². The second kappa shape index (κ2) is 11.9. The SMILES string of the molecule is CCCCCCCC/C(C)=C/C(=O)/C=C1\NC(=O)C(CCCC)O1. The van der Waals surface area contributed by atoms with Gasteiger partial charge in [0.25, 0.3) is 5.91 Å². The van der Waals surface area contributed by atoms with Crippen LogP contribution in [-0.4, -0.2) is 17.8 Å². The molecule has 1 atom stereocenters. The number of carbonyl (C=O) groups is 2. The van der Waals surface area contributed by atoms with E-state index in [1.807, 2.05) is 6.92 Å². The van der Waals surface area contributed by atoms with E-state index in [9.17, 15) is 9.59 Å². The Hall–Kier alpha value is -1.58. The number of nitrogens with one attached hydrogen (secondary N) is 1. The average Bonchev–Trinajstić information content (AvgIpc) is 2.87. The first-order valence-corrected chi connectivity index (χ1v) is 9.47. The highest BCUT2D eigenvalue weighted by molar-refractivity contribution is 6.00. The van der Waals surface area contributed by atoms with Crippen molar-refractivity contribution in [2.24, 2.45) is 0 Å². The minimum atomic E-state index is -0.447. The van der Waals surface area contributed by atoms with E-state index in [0.717, 1.165) is 31.3 Å². The van der Waals surface area contributed by atoms with Crippen molar-refractivity contribution in [1.82, 2.24) is 5.32 Å². The number of rotatable bonds is 12. The van der Waals surface area contributed by atoms with Crippen molar-refractivity contribution in [3.8, 4) is 0 Å². The lowest BCUT2D eigenvalue weighted by atomic mass is 10.1. The van der Waals surface area contributed by atoms with E-state index in [0.29, 0.717) is 6.42 Å². The number of hydrogen-bond donors (Lipinski definition) is 1. The maximum absolute atomic E-state index is 12.0. The van der Waals surface area contributed by atoms with Crippen molar-refractivity contribution in [3.63, 3.8) is 0 Å². The van der Waals surface area contributed by atoms with Crippen LogP contribution in [0.4, 0.5) is 0 Å². The highest BCUT2D eigenvalue weighted by Gasteiger charge is 2.29. The van der Waals surface area contributed by atoms with Crippen LogP contribution in [0.2, 0.25) is 0 Å². The summed E-state index contributed by atoms with van der Waals surface area (Å²) in [6.45, 7) is 6.28. The number of ether oxygens (including phenoxy) is 1. The Bertz CT molecular complexity index is 466. The van der Waals surface area contributed by atoms with Crippen LogP contribution in [-0.2, 0) is 14.3 Å². The Labute approximate surface area is 146 Å². The molecule has 1 rings (SSSR count). The topological polar surface area (TPSA) is 55.4 Å². The number of allylic oxidation sites excluding steroid dienone is 3. The highest BCUT2D eigenvalue weighted by Crippen LogP contribution is 2.16. The molecule has 0 spiro atoms. The van der Waals surface area contributed by atoms with Gasteiger partial charge in [0, 0.05) is 6.08 Å². The molecule has 4 nitrogen and oxygen atoms in total. The van der Waals surface area contributed by atoms with E-state index in [1.54, 1.807) is 6.08 Å². The highest BCUT2D eigenvalue weighted by atomic mass is 16.5. The van der Waals surface area contributed by atoms with Gasteiger partial charge in [-0.15, -0.1) is 0 Å². The molecule has 1 saturated heterocycles. The molecule has 0 bridgehead atoms. The van der Waals surface area contributed by atoms with E-state index < -0.39 is 6.10 Å². The molecule has 1 aliphatic rings. The second-order valence-corrected chi connectivity index (χ2v) is 6.66. The van der Waals surface area contributed by atoms with Crippen LogP contribution >= 0.6 is 0 Å². The molecule has 1 N–H and O–H groups in total. The molecular formula is C20H33NO3.